The van der Waals surface area contributed by atoms with Crippen LogP contribution < -0.4 is 0 Å². The van der Waals surface area contributed by atoms with Crippen LogP contribution in [0.3, 0.4) is 0 Å². The van der Waals surface area contributed by atoms with Gasteiger partial charge in [0.2, 0.25) is 0 Å². The topological polar surface area (TPSA) is 142 Å². The van der Waals surface area contributed by atoms with Gasteiger partial charge < -0.3 is 39.2 Å². The predicted octanol–water partition coefficient (Wildman–Crippen LogP) is 4.14. The lowest BCUT2D eigenvalue weighted by molar-refractivity contribution is -0.151. The first-order valence-corrected chi connectivity index (χ1v) is 17.9. The number of aliphatic hydroxyl groups excluding tert-OH is 2. The zero-order valence-corrected chi connectivity index (χ0v) is 30.2. The fourth-order valence-corrected chi connectivity index (χ4v) is 7.55. The number of epoxide rings is 1. The lowest BCUT2D eigenvalue weighted by Crippen LogP contribution is -2.51. The number of cyclic esters (lactones) is 1. The molecule has 0 saturated carbocycles. The van der Waals surface area contributed by atoms with Gasteiger partial charge in [0.05, 0.1) is 36.4 Å². The molecule has 0 aromatic rings. The van der Waals surface area contributed by atoms with Crippen molar-refractivity contribution in [3.63, 3.8) is 0 Å². The van der Waals surface area contributed by atoms with E-state index in [0.29, 0.717) is 31.8 Å². The van der Waals surface area contributed by atoms with Gasteiger partial charge in [-0.05, 0) is 64.6 Å². The molecule has 11 heteroatoms. The number of fused-ring (bicyclic) bond motifs is 2. The first-order valence-electron chi connectivity index (χ1n) is 17.9. The van der Waals surface area contributed by atoms with Crippen LogP contribution in [0.25, 0.3) is 0 Å². The first kappa shape index (κ1) is 38.5. The van der Waals surface area contributed by atoms with E-state index in [4.69, 9.17) is 18.9 Å². The summed E-state index contributed by atoms with van der Waals surface area (Å²) >= 11 is 0. The van der Waals surface area contributed by atoms with Crippen LogP contribution >= 0.6 is 0 Å². The van der Waals surface area contributed by atoms with Crippen molar-refractivity contribution in [3.8, 4) is 0 Å². The molecule has 272 valence electrons. The van der Waals surface area contributed by atoms with Gasteiger partial charge in [0, 0.05) is 50.5 Å². The molecule has 0 radical (unpaired) electrons. The summed E-state index contributed by atoms with van der Waals surface area (Å²) in [7, 11) is 1.57. The fourth-order valence-electron chi connectivity index (χ4n) is 7.55. The second-order valence-electron chi connectivity index (χ2n) is 15.0. The van der Waals surface area contributed by atoms with Crippen LogP contribution in [0.4, 0.5) is 4.79 Å². The Bertz CT molecular complexity index is 1200. The number of ether oxygens (including phenoxy) is 4. The molecule has 3 N–H and O–H groups in total. The van der Waals surface area contributed by atoms with Crippen LogP contribution in [-0.2, 0) is 23.7 Å². The number of hydrogen-bond acceptors (Lipinski definition) is 10. The van der Waals surface area contributed by atoms with Crippen molar-refractivity contribution in [2.24, 2.45) is 11.8 Å². The van der Waals surface area contributed by atoms with E-state index in [0.717, 1.165) is 25.1 Å². The Morgan fingerprint density at radius 1 is 1.25 bits per heavy atom. The molecule has 4 heterocycles. The largest absolute Gasteiger partial charge is 0.457 e. The van der Waals surface area contributed by atoms with Crippen molar-refractivity contribution in [1.82, 2.24) is 9.80 Å². The van der Waals surface area contributed by atoms with E-state index in [1.54, 1.807) is 26.2 Å². The quantitative estimate of drug-likeness (QED) is 0.127. The molecule has 0 spiro atoms. The maximum atomic E-state index is 13.5. The highest BCUT2D eigenvalue weighted by atomic mass is 16.6. The molecule has 0 aliphatic carbocycles. The maximum absolute atomic E-state index is 13.5. The van der Waals surface area contributed by atoms with Crippen LogP contribution in [-0.4, -0.2) is 124 Å². The first-order chi connectivity index (χ1) is 22.6. The van der Waals surface area contributed by atoms with E-state index < -0.39 is 41.6 Å². The maximum Gasteiger partial charge on any atom is 0.410 e. The Balaban J connectivity index is 1.48. The van der Waals surface area contributed by atoms with E-state index in [-0.39, 0.29) is 49.0 Å². The van der Waals surface area contributed by atoms with Crippen LogP contribution in [0, 0.1) is 11.8 Å². The number of likely N-dealkylation sites (N-methyl/N-ethyl adjacent to an activating group) is 1. The molecule has 12 atom stereocenters. The fraction of sp³-hybridized carbons (Fsp3) is 0.784. The molecule has 1 amide bonds. The summed E-state index contributed by atoms with van der Waals surface area (Å²) in [5.41, 5.74) is -1.33. The van der Waals surface area contributed by atoms with Gasteiger partial charge in [-0.15, -0.1) is 0 Å². The lowest BCUT2D eigenvalue weighted by Gasteiger charge is -2.38. The average Bonchev–Trinajstić information content (AvgIpc) is 3.48. The van der Waals surface area contributed by atoms with Gasteiger partial charge in [-0.1, -0.05) is 52.0 Å². The second kappa shape index (κ2) is 16.2. The van der Waals surface area contributed by atoms with Crippen molar-refractivity contribution < 1.29 is 43.9 Å². The van der Waals surface area contributed by atoms with E-state index >= 15 is 0 Å². The van der Waals surface area contributed by atoms with Crippen molar-refractivity contribution in [1.29, 1.82) is 0 Å². The highest BCUT2D eigenvalue weighted by Gasteiger charge is 2.48. The molecule has 2 bridgehead atoms. The van der Waals surface area contributed by atoms with Crippen LogP contribution in [0.2, 0.25) is 0 Å². The Morgan fingerprint density at radius 2 is 1.98 bits per heavy atom. The third-order valence-corrected chi connectivity index (χ3v) is 11.0. The number of methoxy groups -OCH3 is 1. The SMILES string of the molecule is CCC(O)C(C)C1OC1CC(C)(O)C=CC=C(C)C1OC(=O)CC(O)CCC(C)(OC)C(OC(=O)N2C[C@H]3C[C@@H]2CN3CC)C=CC1C. The Kier molecular flexibility index (Phi) is 13.0. The standard InChI is InChI=1S/C37H60N2O9/c1-9-29(41)25(5)34-30(46-34)20-36(6,44)16-11-12-23(3)33-24(4)13-14-31(37(7,45-8)17-15-28(40)19-32(42)48-33)47-35(43)39-22-26-18-27(39)21-38(26)10-2/h11-14,16,24-31,33-34,40-41,44H,9-10,15,17-22H2,1-8H3/t24?,25?,26-,27-,28?,29?,30?,31?,33?,34?,36?,37?/m1/s1. The number of hydrogen-bond donors (Lipinski definition) is 3. The molecule has 0 aromatic heterocycles. The van der Waals surface area contributed by atoms with E-state index in [2.05, 4.69) is 11.8 Å². The molecule has 48 heavy (non-hydrogen) atoms. The van der Waals surface area contributed by atoms with Gasteiger partial charge in [0.1, 0.15) is 11.7 Å². The summed E-state index contributed by atoms with van der Waals surface area (Å²) in [4.78, 5) is 30.7. The summed E-state index contributed by atoms with van der Waals surface area (Å²) in [6, 6.07) is 0.488. The molecule has 4 aliphatic rings. The Morgan fingerprint density at radius 3 is 2.60 bits per heavy atom. The molecular formula is C37H60N2O9. The molecular weight excluding hydrogens is 616 g/mol. The monoisotopic (exact) mass is 676 g/mol. The molecule has 11 nitrogen and oxygen atoms in total. The molecule has 10 unspecified atom stereocenters. The van der Waals surface area contributed by atoms with Crippen LogP contribution in [0.5, 0.6) is 0 Å². The lowest BCUT2D eigenvalue weighted by atomic mass is 9.88. The predicted molar refractivity (Wildman–Crippen MR) is 182 cm³/mol. The van der Waals surface area contributed by atoms with Crippen molar-refractivity contribution in [3.05, 3.63) is 36.0 Å². The molecule has 3 saturated heterocycles. The summed E-state index contributed by atoms with van der Waals surface area (Å²) < 4.78 is 23.8. The average molecular weight is 677 g/mol. The van der Waals surface area contributed by atoms with Gasteiger partial charge in [-0.3, -0.25) is 9.69 Å². The number of likely N-dealkylation sites (tertiary alicyclic amines) is 2. The summed E-state index contributed by atoms with van der Waals surface area (Å²) in [5, 5.41) is 32.0. The number of aliphatic hydroxyl groups is 3. The normalized spacial score (nSPS) is 37.4. The molecule has 0 aromatic carbocycles. The minimum Gasteiger partial charge on any atom is -0.457 e. The van der Waals surface area contributed by atoms with Gasteiger partial charge in [-0.25, -0.2) is 4.79 Å². The third kappa shape index (κ3) is 9.48. The molecule has 3 fully saturated rings. The molecule has 4 rings (SSSR count). The van der Waals surface area contributed by atoms with Gasteiger partial charge >= 0.3 is 12.1 Å². The summed E-state index contributed by atoms with van der Waals surface area (Å²) in [6.45, 7) is 15.9. The van der Waals surface area contributed by atoms with Crippen LogP contribution in [0.15, 0.2) is 36.0 Å². The van der Waals surface area contributed by atoms with Gasteiger partial charge in [0.15, 0.2) is 6.10 Å². The van der Waals surface area contributed by atoms with E-state index in [9.17, 15) is 24.9 Å². The zero-order valence-electron chi connectivity index (χ0n) is 30.2. The highest BCUT2D eigenvalue weighted by Crippen LogP contribution is 2.38. The minimum absolute atomic E-state index is 0.00212. The number of nitrogens with zero attached hydrogens (tertiary/aromatic N) is 2. The van der Waals surface area contributed by atoms with E-state index in [1.165, 1.54) is 0 Å². The number of amides is 1. The van der Waals surface area contributed by atoms with Crippen molar-refractivity contribution >= 4 is 12.1 Å². The van der Waals surface area contributed by atoms with Gasteiger partial charge in [-0.2, -0.15) is 0 Å². The second-order valence-corrected chi connectivity index (χ2v) is 15.0. The minimum atomic E-state index is -1.14. The molecule has 4 aliphatic heterocycles. The van der Waals surface area contributed by atoms with Crippen LogP contribution in [0.1, 0.15) is 87.0 Å². The summed E-state index contributed by atoms with van der Waals surface area (Å²) in [6.07, 6.45) is 8.07. The van der Waals surface area contributed by atoms with Crippen molar-refractivity contribution in [2.75, 3.05) is 26.7 Å². The van der Waals surface area contributed by atoms with Crippen molar-refractivity contribution in [2.45, 2.75) is 147 Å². The smallest absolute Gasteiger partial charge is 0.410 e. The number of piperazine rings is 1. The number of allylic oxidation sites excluding steroid dienone is 2. The third-order valence-electron chi connectivity index (χ3n) is 11.0. The number of rotatable bonds is 11. The zero-order chi connectivity index (χ0) is 35.4. The van der Waals surface area contributed by atoms with Gasteiger partial charge in [0.25, 0.3) is 0 Å². The number of carbonyl (C=O) groups is 2. The number of carbonyl (C=O) groups excluding carboxylic acids is 2. The highest BCUT2D eigenvalue weighted by molar-refractivity contribution is 5.71. The number of esters is 1. The van der Waals surface area contributed by atoms with E-state index in [1.807, 2.05) is 57.7 Å². The Labute approximate surface area is 286 Å². The summed E-state index contributed by atoms with van der Waals surface area (Å²) in [5.74, 6) is -0.826. The Hall–Kier alpha value is -2.28.